The topological polar surface area (TPSA) is 41.6 Å². The van der Waals surface area contributed by atoms with Crippen LogP contribution in [0, 0.1) is 5.82 Å². The molecule has 0 aliphatic heterocycles. The summed E-state index contributed by atoms with van der Waals surface area (Å²) >= 11 is 0. The fraction of sp³-hybridized carbons (Fsp3) is 0.500. The van der Waals surface area contributed by atoms with Gasteiger partial charge in [-0.25, -0.2) is 4.39 Å². The second kappa shape index (κ2) is 7.74. The van der Waals surface area contributed by atoms with Crippen LogP contribution < -0.4 is 5.32 Å². The minimum absolute atomic E-state index is 0.213. The molecule has 0 atom stereocenters. The molecule has 19 heavy (non-hydrogen) atoms. The second-order valence-electron chi connectivity index (χ2n) is 4.12. The zero-order valence-corrected chi connectivity index (χ0v) is 11.7. The Bertz CT molecular complexity index is 424. The van der Waals surface area contributed by atoms with Crippen LogP contribution in [0.25, 0.3) is 0 Å². The van der Waals surface area contributed by atoms with Crippen LogP contribution in [-0.2, 0) is 4.74 Å². The number of benzene rings is 1. The highest BCUT2D eigenvalue weighted by Gasteiger charge is 2.17. The summed E-state index contributed by atoms with van der Waals surface area (Å²) in [6.07, 6.45) is 0. The van der Waals surface area contributed by atoms with E-state index in [1.54, 1.807) is 19.2 Å². The third-order valence-electron chi connectivity index (χ3n) is 2.72. The lowest BCUT2D eigenvalue weighted by Crippen LogP contribution is -2.31. The minimum Gasteiger partial charge on any atom is -0.382 e. The van der Waals surface area contributed by atoms with E-state index in [1.807, 2.05) is 13.8 Å². The standard InChI is InChI=1S/C14H21FN2O2/c1-4-16-13-11(7-6-8-12(13)15)14(18)17(3)9-10-19-5-2/h6-8,16H,4-5,9-10H2,1-3H3. The molecule has 0 aliphatic carbocycles. The third kappa shape index (κ3) is 4.21. The summed E-state index contributed by atoms with van der Waals surface area (Å²) < 4.78 is 18.9. The first-order valence-corrected chi connectivity index (χ1v) is 6.47. The molecule has 0 saturated heterocycles. The Morgan fingerprint density at radius 3 is 2.79 bits per heavy atom. The molecular formula is C14H21FN2O2. The van der Waals surface area contributed by atoms with Gasteiger partial charge in [-0.05, 0) is 26.0 Å². The van der Waals surface area contributed by atoms with Gasteiger partial charge in [0.15, 0.2) is 0 Å². The van der Waals surface area contributed by atoms with Gasteiger partial charge in [-0.3, -0.25) is 4.79 Å². The Labute approximate surface area is 113 Å². The lowest BCUT2D eigenvalue weighted by molar-refractivity contribution is 0.0710. The summed E-state index contributed by atoms with van der Waals surface area (Å²) in [6.45, 7) is 5.89. The van der Waals surface area contributed by atoms with Gasteiger partial charge in [0.2, 0.25) is 0 Å². The molecule has 106 valence electrons. The first-order valence-electron chi connectivity index (χ1n) is 6.47. The largest absolute Gasteiger partial charge is 0.382 e. The van der Waals surface area contributed by atoms with E-state index >= 15 is 0 Å². The monoisotopic (exact) mass is 268 g/mol. The molecule has 0 spiro atoms. The molecule has 0 radical (unpaired) electrons. The van der Waals surface area contributed by atoms with E-state index in [9.17, 15) is 9.18 Å². The molecule has 0 aliphatic rings. The lowest BCUT2D eigenvalue weighted by Gasteiger charge is -2.19. The summed E-state index contributed by atoms with van der Waals surface area (Å²) in [5.74, 6) is -0.624. The average Bonchev–Trinajstić information content (AvgIpc) is 2.40. The Morgan fingerprint density at radius 2 is 2.16 bits per heavy atom. The van der Waals surface area contributed by atoms with E-state index in [1.165, 1.54) is 11.0 Å². The van der Waals surface area contributed by atoms with Crippen molar-refractivity contribution in [3.05, 3.63) is 29.6 Å². The van der Waals surface area contributed by atoms with Crippen molar-refractivity contribution in [2.45, 2.75) is 13.8 Å². The van der Waals surface area contributed by atoms with Gasteiger partial charge >= 0.3 is 0 Å². The predicted octanol–water partition coefficient (Wildman–Crippen LogP) is 2.37. The van der Waals surface area contributed by atoms with E-state index in [2.05, 4.69) is 5.32 Å². The maximum absolute atomic E-state index is 13.7. The van der Waals surface area contributed by atoms with Crippen molar-refractivity contribution in [3.8, 4) is 0 Å². The van der Waals surface area contributed by atoms with Gasteiger partial charge in [-0.1, -0.05) is 6.07 Å². The molecule has 0 aromatic heterocycles. The molecular weight excluding hydrogens is 247 g/mol. The zero-order valence-electron chi connectivity index (χ0n) is 11.7. The number of likely N-dealkylation sites (N-methyl/N-ethyl adjacent to an activating group) is 1. The smallest absolute Gasteiger partial charge is 0.255 e. The third-order valence-corrected chi connectivity index (χ3v) is 2.72. The van der Waals surface area contributed by atoms with Crippen molar-refractivity contribution in [2.75, 3.05) is 38.7 Å². The van der Waals surface area contributed by atoms with Crippen molar-refractivity contribution < 1.29 is 13.9 Å². The number of nitrogens with zero attached hydrogens (tertiary/aromatic N) is 1. The van der Waals surface area contributed by atoms with E-state index in [-0.39, 0.29) is 11.6 Å². The van der Waals surface area contributed by atoms with Gasteiger partial charge in [0.25, 0.3) is 5.91 Å². The van der Waals surface area contributed by atoms with Crippen molar-refractivity contribution in [3.63, 3.8) is 0 Å². The van der Waals surface area contributed by atoms with Crippen LogP contribution in [0.15, 0.2) is 18.2 Å². The number of carbonyl (C=O) groups excluding carboxylic acids is 1. The van der Waals surface area contributed by atoms with Crippen LogP contribution in [0.3, 0.4) is 0 Å². The van der Waals surface area contributed by atoms with Gasteiger partial charge in [0.1, 0.15) is 5.82 Å². The second-order valence-corrected chi connectivity index (χ2v) is 4.12. The zero-order chi connectivity index (χ0) is 14.3. The van der Waals surface area contributed by atoms with E-state index in [0.717, 1.165) is 0 Å². The summed E-state index contributed by atoms with van der Waals surface area (Å²) in [5, 5.41) is 2.89. The van der Waals surface area contributed by atoms with Crippen molar-refractivity contribution >= 4 is 11.6 Å². The van der Waals surface area contributed by atoms with Gasteiger partial charge in [-0.15, -0.1) is 0 Å². The Balaban J connectivity index is 2.83. The first kappa shape index (κ1) is 15.4. The number of hydrogen-bond donors (Lipinski definition) is 1. The van der Waals surface area contributed by atoms with Gasteiger partial charge in [0, 0.05) is 26.7 Å². The quantitative estimate of drug-likeness (QED) is 0.772. The maximum Gasteiger partial charge on any atom is 0.255 e. The number of halogens is 1. The molecule has 1 aromatic carbocycles. The molecule has 1 aromatic rings. The summed E-state index contributed by atoms with van der Waals surface area (Å²) in [5.41, 5.74) is 0.610. The highest BCUT2D eigenvalue weighted by atomic mass is 19.1. The molecule has 1 amide bonds. The molecule has 0 unspecified atom stereocenters. The van der Waals surface area contributed by atoms with Crippen LogP contribution >= 0.6 is 0 Å². The van der Waals surface area contributed by atoms with Crippen LogP contribution in [0.5, 0.6) is 0 Å². The number of carbonyl (C=O) groups is 1. The van der Waals surface area contributed by atoms with E-state index < -0.39 is 5.82 Å². The fourth-order valence-electron chi connectivity index (χ4n) is 1.71. The highest BCUT2D eigenvalue weighted by Crippen LogP contribution is 2.21. The molecule has 1 rings (SSSR count). The summed E-state index contributed by atoms with van der Waals surface area (Å²) in [7, 11) is 1.68. The molecule has 1 N–H and O–H groups in total. The van der Waals surface area contributed by atoms with Crippen molar-refractivity contribution in [2.24, 2.45) is 0 Å². The molecule has 5 heteroatoms. The van der Waals surface area contributed by atoms with Gasteiger partial charge < -0.3 is 15.0 Å². The Morgan fingerprint density at radius 1 is 1.42 bits per heavy atom. The summed E-state index contributed by atoms with van der Waals surface area (Å²) in [6, 6.07) is 4.51. The van der Waals surface area contributed by atoms with Crippen LogP contribution in [0.4, 0.5) is 10.1 Å². The van der Waals surface area contributed by atoms with Crippen LogP contribution in [0.2, 0.25) is 0 Å². The predicted molar refractivity (Wildman–Crippen MR) is 74.0 cm³/mol. The van der Waals surface area contributed by atoms with E-state index in [0.29, 0.717) is 31.9 Å². The lowest BCUT2D eigenvalue weighted by atomic mass is 10.1. The van der Waals surface area contributed by atoms with Crippen LogP contribution in [-0.4, -0.2) is 44.2 Å². The molecule has 4 nitrogen and oxygen atoms in total. The summed E-state index contributed by atoms with van der Waals surface area (Å²) in [4.78, 5) is 13.8. The Kier molecular flexibility index (Phi) is 6.29. The number of hydrogen-bond acceptors (Lipinski definition) is 3. The Hall–Kier alpha value is -1.62. The number of nitrogens with one attached hydrogen (secondary N) is 1. The van der Waals surface area contributed by atoms with Gasteiger partial charge in [-0.2, -0.15) is 0 Å². The minimum atomic E-state index is -0.411. The van der Waals surface area contributed by atoms with E-state index in [4.69, 9.17) is 4.74 Å². The number of anilines is 1. The maximum atomic E-state index is 13.7. The molecule has 0 heterocycles. The molecule has 0 bridgehead atoms. The number of rotatable bonds is 7. The first-order chi connectivity index (χ1) is 9.11. The van der Waals surface area contributed by atoms with Crippen LogP contribution in [0.1, 0.15) is 24.2 Å². The number of para-hydroxylation sites is 1. The van der Waals surface area contributed by atoms with Crippen molar-refractivity contribution in [1.29, 1.82) is 0 Å². The highest BCUT2D eigenvalue weighted by molar-refractivity contribution is 5.99. The number of ether oxygens (including phenoxy) is 1. The number of amides is 1. The molecule has 0 fully saturated rings. The van der Waals surface area contributed by atoms with Gasteiger partial charge in [0.05, 0.1) is 17.9 Å². The average molecular weight is 268 g/mol. The SMILES string of the molecule is CCNc1c(F)cccc1C(=O)N(C)CCOCC. The van der Waals surface area contributed by atoms with Crippen molar-refractivity contribution in [1.82, 2.24) is 4.90 Å². The normalized spacial score (nSPS) is 10.3. The fourth-order valence-corrected chi connectivity index (χ4v) is 1.71. The molecule has 0 saturated carbocycles.